The molecule has 7 aromatic rings. The summed E-state index contributed by atoms with van der Waals surface area (Å²) in [5, 5.41) is 7.51. The first kappa shape index (κ1) is 27.4. The van der Waals surface area contributed by atoms with E-state index in [0.29, 0.717) is 0 Å². The van der Waals surface area contributed by atoms with Crippen molar-refractivity contribution in [1.82, 2.24) is 0 Å². The van der Waals surface area contributed by atoms with E-state index in [1.54, 1.807) is 6.20 Å². The Labute approximate surface area is 259 Å². The highest BCUT2D eigenvalue weighted by Crippen LogP contribution is 2.46. The summed E-state index contributed by atoms with van der Waals surface area (Å²) in [5.74, 6) is 0. The second kappa shape index (κ2) is 11.4. The summed E-state index contributed by atoms with van der Waals surface area (Å²) in [6.45, 7) is 6.39. The number of aryl methyl sites for hydroxylation is 2. The highest BCUT2D eigenvalue weighted by molar-refractivity contribution is 6.24. The third kappa shape index (κ3) is 4.58. The summed E-state index contributed by atoms with van der Waals surface area (Å²) in [5.41, 5.74) is 18.2. The first-order valence-electron chi connectivity index (χ1n) is 15.3. The van der Waals surface area contributed by atoms with Crippen molar-refractivity contribution in [3.8, 4) is 33.4 Å². The Bertz CT molecular complexity index is 2210. The summed E-state index contributed by atoms with van der Waals surface area (Å²) in [4.78, 5) is 0. The molecule has 0 aliphatic heterocycles. The Hall–Kier alpha value is -5.40. The van der Waals surface area contributed by atoms with Crippen LogP contribution in [0.5, 0.6) is 0 Å². The van der Waals surface area contributed by atoms with Crippen molar-refractivity contribution in [2.75, 3.05) is 0 Å². The van der Waals surface area contributed by atoms with Crippen LogP contribution in [0.1, 0.15) is 23.6 Å². The zero-order valence-corrected chi connectivity index (χ0v) is 25.4. The van der Waals surface area contributed by atoms with Crippen molar-refractivity contribution in [2.45, 2.75) is 20.8 Å². The van der Waals surface area contributed by atoms with Crippen LogP contribution in [0, 0.1) is 13.8 Å². The molecule has 0 bridgehead atoms. The number of allylic oxidation sites excluding steroid dienone is 3. The molecular weight excluding hydrogens is 530 g/mol. The molecule has 0 aliphatic carbocycles. The molecule has 0 saturated heterocycles. The van der Waals surface area contributed by atoms with Crippen molar-refractivity contribution in [2.24, 2.45) is 5.73 Å². The lowest BCUT2D eigenvalue weighted by Crippen LogP contribution is -1.93. The molecule has 0 radical (unpaired) electrons. The van der Waals surface area contributed by atoms with E-state index in [0.717, 1.165) is 11.1 Å². The minimum absolute atomic E-state index is 1.01. The second-order valence-electron chi connectivity index (χ2n) is 11.6. The van der Waals surface area contributed by atoms with Crippen LogP contribution in [0.4, 0.5) is 0 Å². The molecule has 0 amide bonds. The normalized spacial score (nSPS) is 12.1. The number of rotatable bonds is 5. The van der Waals surface area contributed by atoms with Gasteiger partial charge in [-0.3, -0.25) is 0 Å². The third-order valence-corrected chi connectivity index (χ3v) is 8.81. The third-order valence-electron chi connectivity index (χ3n) is 8.81. The predicted octanol–water partition coefficient (Wildman–Crippen LogP) is 11.6. The number of hydrogen-bond acceptors (Lipinski definition) is 1. The lowest BCUT2D eigenvalue weighted by Gasteiger charge is -2.20. The smallest absolute Gasteiger partial charge is 0.00174 e. The van der Waals surface area contributed by atoms with E-state index in [4.69, 9.17) is 5.73 Å². The lowest BCUT2D eigenvalue weighted by molar-refractivity contribution is 1.39. The minimum Gasteiger partial charge on any atom is -0.404 e. The van der Waals surface area contributed by atoms with E-state index in [1.165, 1.54) is 76.8 Å². The molecule has 1 nitrogen and oxygen atoms in total. The summed E-state index contributed by atoms with van der Waals surface area (Å²) >= 11 is 0. The maximum Gasteiger partial charge on any atom is 0.00174 e. The quantitative estimate of drug-likeness (QED) is 0.163. The maximum atomic E-state index is 6.04. The van der Waals surface area contributed by atoms with Crippen molar-refractivity contribution in [1.29, 1.82) is 0 Å². The fraction of sp³-hybridized carbons (Fsp3) is 0.0698. The molecule has 2 N–H and O–H groups in total. The Morgan fingerprint density at radius 2 is 1.09 bits per heavy atom. The van der Waals surface area contributed by atoms with Crippen LogP contribution in [0.3, 0.4) is 0 Å². The van der Waals surface area contributed by atoms with E-state index in [9.17, 15) is 0 Å². The van der Waals surface area contributed by atoms with Gasteiger partial charge >= 0.3 is 0 Å². The average molecular weight is 566 g/mol. The molecule has 0 unspecified atom stereocenters. The van der Waals surface area contributed by atoms with Gasteiger partial charge in [0, 0.05) is 6.20 Å². The van der Waals surface area contributed by atoms with E-state index in [-0.39, 0.29) is 0 Å². The summed E-state index contributed by atoms with van der Waals surface area (Å²) in [7, 11) is 0. The van der Waals surface area contributed by atoms with Crippen LogP contribution in [0.25, 0.3) is 71.3 Å². The first-order valence-corrected chi connectivity index (χ1v) is 15.3. The van der Waals surface area contributed by atoms with Gasteiger partial charge in [-0.15, -0.1) is 0 Å². The van der Waals surface area contributed by atoms with Crippen molar-refractivity contribution in [3.05, 3.63) is 162 Å². The topological polar surface area (TPSA) is 26.0 Å². The van der Waals surface area contributed by atoms with Crippen molar-refractivity contribution >= 4 is 37.9 Å². The highest BCUT2D eigenvalue weighted by atomic mass is 14.5. The van der Waals surface area contributed by atoms with Crippen LogP contribution in [-0.4, -0.2) is 0 Å². The Balaban J connectivity index is 1.54. The number of hydrogen-bond donors (Lipinski definition) is 1. The van der Waals surface area contributed by atoms with Gasteiger partial charge in [0.05, 0.1) is 0 Å². The van der Waals surface area contributed by atoms with Crippen molar-refractivity contribution < 1.29 is 0 Å². The molecule has 0 heterocycles. The standard InChI is InChI=1S/C43H35N/c1-4-12-32(27-44)30-13-9-14-31(26-30)42-38-15-5-7-17-40(38)43(41-18-8-6-16-39(41)42)37-22-11-20-35-34(19-10-21-36(35)37)33-24-23-28(2)25-29(33)3/h4-27H,44H2,1-3H3/b12-4-,32-27+. The van der Waals surface area contributed by atoms with Gasteiger partial charge in [-0.1, -0.05) is 139 Å². The molecule has 0 spiro atoms. The van der Waals surface area contributed by atoms with Gasteiger partial charge in [0.15, 0.2) is 0 Å². The Morgan fingerprint density at radius 3 is 1.70 bits per heavy atom. The van der Waals surface area contributed by atoms with E-state index >= 15 is 0 Å². The molecule has 7 aromatic carbocycles. The van der Waals surface area contributed by atoms with Gasteiger partial charge in [-0.25, -0.2) is 0 Å². The molecule has 0 aliphatic rings. The molecule has 1 heteroatoms. The molecule has 44 heavy (non-hydrogen) atoms. The van der Waals surface area contributed by atoms with E-state index in [1.807, 2.05) is 13.0 Å². The molecule has 0 saturated carbocycles. The molecule has 0 fully saturated rings. The van der Waals surface area contributed by atoms with Gasteiger partial charge in [-0.2, -0.15) is 0 Å². The van der Waals surface area contributed by atoms with Gasteiger partial charge in [0.25, 0.3) is 0 Å². The number of nitrogens with two attached hydrogens (primary N) is 1. The van der Waals surface area contributed by atoms with E-state index < -0.39 is 0 Å². The summed E-state index contributed by atoms with van der Waals surface area (Å²) in [6, 6.07) is 46.7. The number of fused-ring (bicyclic) bond motifs is 3. The van der Waals surface area contributed by atoms with Crippen LogP contribution < -0.4 is 5.73 Å². The molecule has 0 aromatic heterocycles. The first-order chi connectivity index (χ1) is 21.6. The summed E-state index contributed by atoms with van der Waals surface area (Å²) in [6.07, 6.45) is 5.78. The predicted molar refractivity (Wildman–Crippen MR) is 192 cm³/mol. The van der Waals surface area contributed by atoms with Crippen LogP contribution in [0.2, 0.25) is 0 Å². The second-order valence-corrected chi connectivity index (χ2v) is 11.6. The molecule has 212 valence electrons. The van der Waals surface area contributed by atoms with Crippen LogP contribution in [-0.2, 0) is 0 Å². The molecule has 7 rings (SSSR count). The van der Waals surface area contributed by atoms with Crippen LogP contribution in [0.15, 0.2) is 146 Å². The molecular formula is C43H35N. The van der Waals surface area contributed by atoms with Gasteiger partial charge in [-0.05, 0) is 109 Å². The molecule has 0 atom stereocenters. The van der Waals surface area contributed by atoms with Gasteiger partial charge < -0.3 is 5.73 Å². The lowest BCUT2D eigenvalue weighted by atomic mass is 9.83. The largest absolute Gasteiger partial charge is 0.404 e. The summed E-state index contributed by atoms with van der Waals surface area (Å²) < 4.78 is 0. The highest BCUT2D eigenvalue weighted by Gasteiger charge is 2.19. The minimum atomic E-state index is 1.01. The monoisotopic (exact) mass is 565 g/mol. The van der Waals surface area contributed by atoms with E-state index in [2.05, 4.69) is 147 Å². The number of benzene rings is 7. The Kier molecular flexibility index (Phi) is 7.08. The SMILES string of the molecule is C/C=C\C(=C/N)c1cccc(-c2c3ccccc3c(-c3cccc4c(-c5ccc(C)cc5C)cccc34)c3ccccc23)c1. The van der Waals surface area contributed by atoms with Gasteiger partial charge in [0.2, 0.25) is 0 Å². The Morgan fingerprint density at radius 1 is 0.523 bits per heavy atom. The van der Waals surface area contributed by atoms with Gasteiger partial charge in [0.1, 0.15) is 0 Å². The maximum absolute atomic E-state index is 6.04. The zero-order chi connectivity index (χ0) is 30.2. The van der Waals surface area contributed by atoms with Crippen molar-refractivity contribution in [3.63, 3.8) is 0 Å². The van der Waals surface area contributed by atoms with Crippen LogP contribution >= 0.6 is 0 Å². The average Bonchev–Trinajstić information content (AvgIpc) is 3.06. The fourth-order valence-corrected chi connectivity index (χ4v) is 6.89. The fourth-order valence-electron chi connectivity index (χ4n) is 6.89. The zero-order valence-electron chi connectivity index (χ0n) is 25.4.